The van der Waals surface area contributed by atoms with Crippen LogP contribution in [0.25, 0.3) is 44.7 Å². The van der Waals surface area contributed by atoms with E-state index in [1.807, 2.05) is 54.6 Å². The molecular weight excluding hydrogens is 483 g/mol. The second-order valence-electron chi connectivity index (χ2n) is 7.98. The third-order valence-corrected chi connectivity index (χ3v) is 6.24. The third kappa shape index (κ3) is 4.05. The molecule has 0 aliphatic carbocycles. The highest BCUT2D eigenvalue weighted by molar-refractivity contribution is 6.35. The molecule has 1 amide bonds. The summed E-state index contributed by atoms with van der Waals surface area (Å²) >= 11 is 12.3. The van der Waals surface area contributed by atoms with Gasteiger partial charge in [0, 0.05) is 27.2 Å². The molecule has 7 heteroatoms. The number of rotatable bonds is 4. The Hall–Kier alpha value is -4.06. The van der Waals surface area contributed by atoms with Gasteiger partial charge in [-0.25, -0.2) is 4.98 Å². The Morgan fingerprint density at radius 1 is 0.829 bits per heavy atom. The van der Waals surface area contributed by atoms with Crippen LogP contribution >= 0.6 is 23.2 Å². The number of carbonyl (C=O) groups is 1. The van der Waals surface area contributed by atoms with Crippen molar-refractivity contribution in [1.82, 2.24) is 4.98 Å². The maximum absolute atomic E-state index is 12.8. The number of oxazole rings is 1. The minimum absolute atomic E-state index is 0.148. The van der Waals surface area contributed by atoms with Gasteiger partial charge in [0.25, 0.3) is 5.91 Å². The van der Waals surface area contributed by atoms with Gasteiger partial charge in [-0.15, -0.1) is 0 Å². The van der Waals surface area contributed by atoms with Crippen LogP contribution < -0.4 is 5.32 Å². The predicted octanol–water partition coefficient (Wildman–Crippen LogP) is 8.47. The molecule has 170 valence electrons. The number of aromatic nitrogens is 1. The minimum atomic E-state index is -0.393. The normalized spacial score (nSPS) is 11.3. The Morgan fingerprint density at radius 3 is 2.63 bits per heavy atom. The van der Waals surface area contributed by atoms with Crippen LogP contribution in [0.5, 0.6) is 0 Å². The van der Waals surface area contributed by atoms with Gasteiger partial charge >= 0.3 is 0 Å². The maximum Gasteiger partial charge on any atom is 0.291 e. The zero-order valence-electron chi connectivity index (χ0n) is 18.1. The summed E-state index contributed by atoms with van der Waals surface area (Å²) in [5.74, 6) is 0.684. The van der Waals surface area contributed by atoms with E-state index in [4.69, 9.17) is 37.0 Å². The van der Waals surface area contributed by atoms with E-state index in [0.29, 0.717) is 38.5 Å². The van der Waals surface area contributed by atoms with Gasteiger partial charge in [0.2, 0.25) is 5.89 Å². The van der Waals surface area contributed by atoms with E-state index >= 15 is 0 Å². The molecule has 5 nitrogen and oxygen atoms in total. The van der Waals surface area contributed by atoms with Crippen LogP contribution in [-0.2, 0) is 0 Å². The average molecular weight is 499 g/mol. The molecule has 0 saturated heterocycles. The SMILES string of the molecule is O=C(Nc1cccc(-c2nc3c(ccc4ccccc43)o2)c1)c1ccc(-c2cc(Cl)ccc2Cl)o1. The highest BCUT2D eigenvalue weighted by Crippen LogP contribution is 2.33. The molecule has 0 bridgehead atoms. The van der Waals surface area contributed by atoms with Crippen molar-refractivity contribution in [2.24, 2.45) is 0 Å². The summed E-state index contributed by atoms with van der Waals surface area (Å²) in [5, 5.41) is 5.99. The standard InChI is InChI=1S/C28H16Cl2N2O3/c29-18-9-10-22(30)21(15-18)23-12-13-25(34-23)27(33)31-19-6-3-5-17(14-19)28-32-26-20-7-2-1-4-16(20)8-11-24(26)35-28/h1-15H,(H,31,33). The molecule has 2 heterocycles. The van der Waals surface area contributed by atoms with E-state index in [-0.39, 0.29) is 5.76 Å². The lowest BCUT2D eigenvalue weighted by molar-refractivity contribution is 0.0997. The molecular formula is C28H16Cl2N2O3. The highest BCUT2D eigenvalue weighted by Gasteiger charge is 2.16. The first-order chi connectivity index (χ1) is 17.0. The van der Waals surface area contributed by atoms with Crippen LogP contribution in [0.3, 0.4) is 0 Å². The van der Waals surface area contributed by atoms with Crippen molar-refractivity contribution in [3.05, 3.63) is 107 Å². The van der Waals surface area contributed by atoms with Crippen LogP contribution in [-0.4, -0.2) is 10.9 Å². The van der Waals surface area contributed by atoms with Gasteiger partial charge in [-0.3, -0.25) is 4.79 Å². The van der Waals surface area contributed by atoms with E-state index in [0.717, 1.165) is 21.9 Å². The van der Waals surface area contributed by atoms with Crippen molar-refractivity contribution in [2.75, 3.05) is 5.32 Å². The largest absolute Gasteiger partial charge is 0.451 e. The third-order valence-electron chi connectivity index (χ3n) is 5.67. The molecule has 0 aliphatic rings. The van der Waals surface area contributed by atoms with Crippen molar-refractivity contribution >= 4 is 56.7 Å². The van der Waals surface area contributed by atoms with E-state index in [2.05, 4.69) is 5.32 Å². The zero-order valence-corrected chi connectivity index (χ0v) is 19.6. The number of hydrogen-bond donors (Lipinski definition) is 1. The molecule has 0 fully saturated rings. The number of amides is 1. The van der Waals surface area contributed by atoms with Crippen molar-refractivity contribution in [3.63, 3.8) is 0 Å². The molecule has 6 aromatic rings. The van der Waals surface area contributed by atoms with E-state index in [9.17, 15) is 4.79 Å². The Labute approximate surface area is 209 Å². The Bertz CT molecular complexity index is 1740. The fourth-order valence-corrected chi connectivity index (χ4v) is 4.38. The van der Waals surface area contributed by atoms with Gasteiger partial charge < -0.3 is 14.2 Å². The number of nitrogens with zero attached hydrogens (tertiary/aromatic N) is 1. The first kappa shape index (κ1) is 21.5. The fourth-order valence-electron chi connectivity index (χ4n) is 4.00. The molecule has 2 aromatic heterocycles. The predicted molar refractivity (Wildman–Crippen MR) is 139 cm³/mol. The first-order valence-electron chi connectivity index (χ1n) is 10.8. The zero-order chi connectivity index (χ0) is 23.9. The fraction of sp³-hybridized carbons (Fsp3) is 0. The first-order valence-corrected chi connectivity index (χ1v) is 11.6. The lowest BCUT2D eigenvalue weighted by atomic mass is 10.1. The Morgan fingerprint density at radius 2 is 1.71 bits per heavy atom. The lowest BCUT2D eigenvalue weighted by Crippen LogP contribution is -2.10. The number of halogens is 2. The summed E-state index contributed by atoms with van der Waals surface area (Å²) in [6.45, 7) is 0. The summed E-state index contributed by atoms with van der Waals surface area (Å²) in [5.41, 5.74) is 3.45. The number of carbonyl (C=O) groups excluding carboxylic acids is 1. The number of furan rings is 1. The van der Waals surface area contributed by atoms with Crippen LogP contribution in [0.2, 0.25) is 10.0 Å². The van der Waals surface area contributed by atoms with E-state index < -0.39 is 5.91 Å². The smallest absolute Gasteiger partial charge is 0.291 e. The van der Waals surface area contributed by atoms with Crippen LogP contribution in [0, 0.1) is 0 Å². The molecule has 0 spiro atoms. The van der Waals surface area contributed by atoms with Gasteiger partial charge in [-0.1, -0.05) is 59.6 Å². The highest BCUT2D eigenvalue weighted by atomic mass is 35.5. The lowest BCUT2D eigenvalue weighted by Gasteiger charge is -2.05. The molecule has 0 radical (unpaired) electrons. The van der Waals surface area contributed by atoms with Crippen LogP contribution in [0.4, 0.5) is 5.69 Å². The monoisotopic (exact) mass is 498 g/mol. The molecule has 4 aromatic carbocycles. The number of anilines is 1. The summed E-state index contributed by atoms with van der Waals surface area (Å²) in [7, 11) is 0. The van der Waals surface area contributed by atoms with E-state index in [1.165, 1.54) is 0 Å². The van der Waals surface area contributed by atoms with Gasteiger partial charge in [0.15, 0.2) is 11.3 Å². The van der Waals surface area contributed by atoms with Crippen molar-refractivity contribution in [2.45, 2.75) is 0 Å². The second-order valence-corrected chi connectivity index (χ2v) is 8.82. The number of nitrogens with one attached hydrogen (secondary N) is 1. The van der Waals surface area contributed by atoms with Gasteiger partial charge in [-0.05, 0) is 60.0 Å². The summed E-state index contributed by atoms with van der Waals surface area (Å²) in [4.78, 5) is 17.6. The van der Waals surface area contributed by atoms with Crippen LogP contribution in [0.1, 0.15) is 10.6 Å². The molecule has 6 rings (SSSR count). The molecule has 35 heavy (non-hydrogen) atoms. The topological polar surface area (TPSA) is 68.3 Å². The van der Waals surface area contributed by atoms with Gasteiger partial charge in [0.1, 0.15) is 11.3 Å². The number of hydrogen-bond acceptors (Lipinski definition) is 4. The summed E-state index contributed by atoms with van der Waals surface area (Å²) < 4.78 is 11.8. The maximum atomic E-state index is 12.8. The molecule has 1 N–H and O–H groups in total. The molecule has 0 unspecified atom stereocenters. The van der Waals surface area contributed by atoms with Gasteiger partial charge in [0.05, 0.1) is 5.02 Å². The minimum Gasteiger partial charge on any atom is -0.451 e. The summed E-state index contributed by atoms with van der Waals surface area (Å²) in [6, 6.07) is 27.6. The second kappa shape index (κ2) is 8.62. The molecule has 0 saturated carbocycles. The van der Waals surface area contributed by atoms with Crippen molar-refractivity contribution in [1.29, 1.82) is 0 Å². The molecule has 0 atom stereocenters. The number of fused-ring (bicyclic) bond motifs is 3. The van der Waals surface area contributed by atoms with Crippen molar-refractivity contribution < 1.29 is 13.6 Å². The Balaban J connectivity index is 1.27. The van der Waals surface area contributed by atoms with Crippen LogP contribution in [0.15, 0.2) is 99.8 Å². The summed E-state index contributed by atoms with van der Waals surface area (Å²) in [6.07, 6.45) is 0. The van der Waals surface area contributed by atoms with E-state index in [1.54, 1.807) is 36.4 Å². The molecule has 0 aliphatic heterocycles. The number of benzene rings is 4. The van der Waals surface area contributed by atoms with Crippen molar-refractivity contribution in [3.8, 4) is 22.8 Å². The van der Waals surface area contributed by atoms with Gasteiger partial charge in [-0.2, -0.15) is 0 Å². The average Bonchev–Trinajstić information content (AvgIpc) is 3.54. The Kier molecular flexibility index (Phi) is 5.29. The quantitative estimate of drug-likeness (QED) is 0.264.